The van der Waals surface area contributed by atoms with E-state index < -0.39 is 4.92 Å². The van der Waals surface area contributed by atoms with Gasteiger partial charge in [-0.1, -0.05) is 47.5 Å². The molecule has 10 heteroatoms. The largest absolute Gasteiger partial charge is 0.482 e. The maximum absolute atomic E-state index is 13.1. The third-order valence-electron chi connectivity index (χ3n) is 5.83. The first-order valence-corrected chi connectivity index (χ1v) is 12.1. The fraction of sp³-hybridized carbons (Fsp3) is 0.185. The molecule has 0 aliphatic heterocycles. The molecule has 190 valence electrons. The van der Waals surface area contributed by atoms with Gasteiger partial charge in [-0.05, 0) is 67.8 Å². The number of hydrogen-bond donors (Lipinski definition) is 1. The molecule has 0 saturated heterocycles. The molecule has 0 aliphatic rings. The lowest BCUT2D eigenvalue weighted by Crippen LogP contribution is -2.14. The molecular weight excluding hydrogens is 515 g/mol. The normalized spacial score (nSPS) is 10.8. The van der Waals surface area contributed by atoms with E-state index in [0.717, 1.165) is 16.8 Å². The number of benzene rings is 3. The summed E-state index contributed by atoms with van der Waals surface area (Å²) in [6.07, 6.45) is 0. The quantitative estimate of drug-likeness (QED) is 0.194. The van der Waals surface area contributed by atoms with Crippen LogP contribution in [0.2, 0.25) is 10.0 Å². The van der Waals surface area contributed by atoms with E-state index in [1.54, 1.807) is 60.1 Å². The zero-order valence-corrected chi connectivity index (χ0v) is 21.9. The summed E-state index contributed by atoms with van der Waals surface area (Å²) < 4.78 is 7.50. The average Bonchev–Trinajstić information content (AvgIpc) is 3.12. The maximum Gasteiger partial charge on any atom is 0.311 e. The average molecular weight is 539 g/mol. The first-order valence-electron chi connectivity index (χ1n) is 11.4. The second-order valence-corrected chi connectivity index (χ2v) is 9.44. The zero-order valence-electron chi connectivity index (χ0n) is 20.4. The molecule has 1 aromatic heterocycles. The van der Waals surface area contributed by atoms with Crippen LogP contribution in [0.5, 0.6) is 5.75 Å². The number of halogens is 2. The minimum Gasteiger partial charge on any atom is -0.482 e. The van der Waals surface area contributed by atoms with Crippen molar-refractivity contribution in [3.8, 4) is 5.75 Å². The van der Waals surface area contributed by atoms with Gasteiger partial charge in [0.15, 0.2) is 5.75 Å². The van der Waals surface area contributed by atoms with Crippen LogP contribution < -0.4 is 10.1 Å². The van der Waals surface area contributed by atoms with E-state index in [-0.39, 0.29) is 24.0 Å². The summed E-state index contributed by atoms with van der Waals surface area (Å²) in [6, 6.07) is 17.1. The number of nitro benzene ring substituents is 1. The molecule has 0 aliphatic carbocycles. The van der Waals surface area contributed by atoms with Crippen molar-refractivity contribution >= 4 is 40.5 Å². The fourth-order valence-electron chi connectivity index (χ4n) is 3.88. The van der Waals surface area contributed by atoms with Gasteiger partial charge in [-0.3, -0.25) is 19.6 Å². The van der Waals surface area contributed by atoms with Gasteiger partial charge in [-0.2, -0.15) is 5.10 Å². The van der Waals surface area contributed by atoms with Crippen LogP contribution in [0.4, 0.5) is 11.4 Å². The number of aromatic nitrogens is 2. The summed E-state index contributed by atoms with van der Waals surface area (Å²) in [5.74, 6) is -0.130. The lowest BCUT2D eigenvalue weighted by Gasteiger charge is -2.10. The maximum atomic E-state index is 13.1. The van der Waals surface area contributed by atoms with Crippen LogP contribution in [0.1, 0.15) is 38.4 Å². The highest BCUT2D eigenvalue weighted by atomic mass is 35.5. The summed E-state index contributed by atoms with van der Waals surface area (Å²) >= 11 is 12.1. The number of amides is 1. The number of nitro groups is 1. The third kappa shape index (κ3) is 6.10. The van der Waals surface area contributed by atoms with Crippen LogP contribution in [0.15, 0.2) is 60.7 Å². The molecule has 3 aromatic carbocycles. The van der Waals surface area contributed by atoms with E-state index >= 15 is 0 Å². The van der Waals surface area contributed by atoms with Gasteiger partial charge in [-0.15, -0.1) is 0 Å². The van der Waals surface area contributed by atoms with Crippen LogP contribution in [-0.4, -0.2) is 20.6 Å². The minimum atomic E-state index is -0.474. The van der Waals surface area contributed by atoms with Crippen molar-refractivity contribution in [2.24, 2.45) is 0 Å². The Morgan fingerprint density at radius 2 is 1.81 bits per heavy atom. The van der Waals surface area contributed by atoms with Gasteiger partial charge in [0.25, 0.3) is 5.91 Å². The topological polar surface area (TPSA) is 99.3 Å². The number of anilines is 1. The first kappa shape index (κ1) is 26.2. The molecule has 0 unspecified atom stereocenters. The monoisotopic (exact) mass is 538 g/mol. The predicted molar refractivity (Wildman–Crippen MR) is 144 cm³/mol. The Kier molecular flexibility index (Phi) is 7.80. The number of carbonyl (C=O) groups excluding carboxylic acids is 1. The smallest absolute Gasteiger partial charge is 0.311 e. The Bertz CT molecular complexity index is 1500. The number of carbonyl (C=O) groups is 1. The van der Waals surface area contributed by atoms with Crippen molar-refractivity contribution in [1.82, 2.24) is 9.78 Å². The fourth-order valence-corrected chi connectivity index (χ4v) is 4.20. The molecule has 0 bridgehead atoms. The Morgan fingerprint density at radius 1 is 1.03 bits per heavy atom. The second-order valence-electron chi connectivity index (χ2n) is 8.62. The van der Waals surface area contributed by atoms with E-state index in [0.29, 0.717) is 39.1 Å². The highest BCUT2D eigenvalue weighted by Crippen LogP contribution is 2.29. The molecule has 1 N–H and O–H groups in total. The Morgan fingerprint density at radius 3 is 2.54 bits per heavy atom. The molecule has 0 radical (unpaired) electrons. The number of nitrogens with zero attached hydrogens (tertiary/aromatic N) is 3. The standard InChI is InChI=1S/C27H24Cl2N4O4/c1-16-7-10-25(24(11-16)33(35)36)37-15-20-5-4-6-21(12-20)27(34)30-26-17(2)31-32(18(26)3)14-19-8-9-22(28)23(29)13-19/h4-13H,14-15H2,1-3H3,(H,30,34). The summed E-state index contributed by atoms with van der Waals surface area (Å²) in [6.45, 7) is 6.03. The van der Waals surface area contributed by atoms with Crippen molar-refractivity contribution in [2.45, 2.75) is 33.9 Å². The van der Waals surface area contributed by atoms with Crippen LogP contribution in [0.3, 0.4) is 0 Å². The van der Waals surface area contributed by atoms with Crippen LogP contribution in [0, 0.1) is 30.9 Å². The lowest BCUT2D eigenvalue weighted by atomic mass is 10.1. The SMILES string of the molecule is Cc1ccc(OCc2cccc(C(=O)Nc3c(C)nn(Cc4ccc(Cl)c(Cl)c4)c3C)c2)c([N+](=O)[O-])c1. The molecule has 4 rings (SSSR count). The highest BCUT2D eigenvalue weighted by Gasteiger charge is 2.18. The molecule has 0 atom stereocenters. The van der Waals surface area contributed by atoms with Crippen molar-refractivity contribution in [3.63, 3.8) is 0 Å². The van der Waals surface area contributed by atoms with Gasteiger partial charge >= 0.3 is 5.69 Å². The molecule has 8 nitrogen and oxygen atoms in total. The number of rotatable bonds is 8. The molecule has 0 saturated carbocycles. The van der Waals surface area contributed by atoms with E-state index in [4.69, 9.17) is 27.9 Å². The zero-order chi connectivity index (χ0) is 26.7. The second kappa shape index (κ2) is 11.0. The minimum absolute atomic E-state index is 0.0741. The van der Waals surface area contributed by atoms with Crippen molar-refractivity contribution in [1.29, 1.82) is 0 Å². The number of ether oxygens (including phenoxy) is 1. The Hall–Kier alpha value is -3.88. The van der Waals surface area contributed by atoms with Crippen molar-refractivity contribution in [3.05, 3.63) is 114 Å². The van der Waals surface area contributed by atoms with E-state index in [1.165, 1.54) is 6.07 Å². The summed E-state index contributed by atoms with van der Waals surface area (Å²) in [5.41, 5.74) is 4.82. The molecule has 0 fully saturated rings. The van der Waals surface area contributed by atoms with Crippen molar-refractivity contribution < 1.29 is 14.5 Å². The highest BCUT2D eigenvalue weighted by molar-refractivity contribution is 6.42. The Balaban J connectivity index is 1.47. The van der Waals surface area contributed by atoms with Crippen LogP contribution in [0.25, 0.3) is 0 Å². The molecule has 1 heterocycles. The van der Waals surface area contributed by atoms with E-state index in [9.17, 15) is 14.9 Å². The summed E-state index contributed by atoms with van der Waals surface area (Å²) in [7, 11) is 0. The lowest BCUT2D eigenvalue weighted by molar-refractivity contribution is -0.386. The molecule has 37 heavy (non-hydrogen) atoms. The van der Waals surface area contributed by atoms with Gasteiger partial charge in [0, 0.05) is 11.6 Å². The number of aryl methyl sites for hydroxylation is 2. The summed E-state index contributed by atoms with van der Waals surface area (Å²) in [4.78, 5) is 23.9. The molecule has 4 aromatic rings. The van der Waals surface area contributed by atoms with Gasteiger partial charge in [-0.25, -0.2) is 0 Å². The van der Waals surface area contributed by atoms with Gasteiger partial charge in [0.1, 0.15) is 6.61 Å². The third-order valence-corrected chi connectivity index (χ3v) is 6.57. The van der Waals surface area contributed by atoms with Gasteiger partial charge in [0.2, 0.25) is 0 Å². The van der Waals surface area contributed by atoms with Gasteiger partial charge < -0.3 is 10.1 Å². The van der Waals surface area contributed by atoms with E-state index in [2.05, 4.69) is 10.4 Å². The summed E-state index contributed by atoms with van der Waals surface area (Å²) in [5, 5.41) is 19.8. The number of hydrogen-bond acceptors (Lipinski definition) is 5. The Labute approximate surface area is 223 Å². The number of nitrogens with one attached hydrogen (secondary N) is 1. The van der Waals surface area contributed by atoms with Crippen LogP contribution in [-0.2, 0) is 13.2 Å². The van der Waals surface area contributed by atoms with Crippen LogP contribution >= 0.6 is 23.2 Å². The molecule has 1 amide bonds. The van der Waals surface area contributed by atoms with Gasteiger partial charge in [0.05, 0.1) is 38.6 Å². The first-order chi connectivity index (χ1) is 17.6. The molecule has 0 spiro atoms. The van der Waals surface area contributed by atoms with E-state index in [1.807, 2.05) is 19.9 Å². The van der Waals surface area contributed by atoms with Crippen molar-refractivity contribution in [2.75, 3.05) is 5.32 Å². The predicted octanol–water partition coefficient (Wildman–Crippen LogP) is 6.90. The molecular formula is C27H24Cl2N4O4.